The standard InChI is InChI=1S/C12H22N2O/c1-6-8-14-12(15)10(4)9(3)11(5)13(14)7-2/h11H,6-8H2,1-5H3. The number of hydrazine groups is 1. The van der Waals surface area contributed by atoms with Gasteiger partial charge in [0.15, 0.2) is 0 Å². The van der Waals surface area contributed by atoms with Gasteiger partial charge in [0, 0.05) is 24.7 Å². The first-order chi connectivity index (χ1) is 7.04. The van der Waals surface area contributed by atoms with Crippen molar-refractivity contribution in [2.75, 3.05) is 13.1 Å². The van der Waals surface area contributed by atoms with Crippen LogP contribution in [0.1, 0.15) is 41.0 Å². The van der Waals surface area contributed by atoms with Gasteiger partial charge in [0.2, 0.25) is 0 Å². The number of hydrogen-bond acceptors (Lipinski definition) is 2. The van der Waals surface area contributed by atoms with Crippen LogP contribution in [0.3, 0.4) is 0 Å². The van der Waals surface area contributed by atoms with Gasteiger partial charge in [-0.05, 0) is 32.8 Å². The van der Waals surface area contributed by atoms with Crippen molar-refractivity contribution in [2.45, 2.75) is 47.1 Å². The molecule has 1 aliphatic heterocycles. The fourth-order valence-corrected chi connectivity index (χ4v) is 2.11. The monoisotopic (exact) mass is 210 g/mol. The summed E-state index contributed by atoms with van der Waals surface area (Å²) in [6, 6.07) is 0.347. The van der Waals surface area contributed by atoms with E-state index >= 15 is 0 Å². The van der Waals surface area contributed by atoms with Gasteiger partial charge in [-0.3, -0.25) is 9.80 Å². The van der Waals surface area contributed by atoms with Crippen LogP contribution in [0.25, 0.3) is 0 Å². The Morgan fingerprint density at radius 3 is 2.33 bits per heavy atom. The molecule has 0 spiro atoms. The van der Waals surface area contributed by atoms with Crippen LogP contribution >= 0.6 is 0 Å². The largest absolute Gasteiger partial charge is 0.271 e. The Balaban J connectivity index is 3.03. The van der Waals surface area contributed by atoms with Crippen molar-refractivity contribution in [3.8, 4) is 0 Å². The topological polar surface area (TPSA) is 23.6 Å². The third-order valence-electron chi connectivity index (χ3n) is 3.29. The molecular weight excluding hydrogens is 188 g/mol. The zero-order chi connectivity index (χ0) is 11.6. The third-order valence-corrected chi connectivity index (χ3v) is 3.29. The minimum absolute atomic E-state index is 0.175. The third kappa shape index (κ3) is 2.07. The highest BCUT2D eigenvalue weighted by molar-refractivity contribution is 5.94. The van der Waals surface area contributed by atoms with Gasteiger partial charge in [-0.1, -0.05) is 13.8 Å². The van der Waals surface area contributed by atoms with Crippen LogP contribution < -0.4 is 0 Å². The van der Waals surface area contributed by atoms with E-state index in [4.69, 9.17) is 0 Å². The molecule has 3 heteroatoms. The molecule has 1 atom stereocenters. The maximum Gasteiger partial charge on any atom is 0.263 e. The molecule has 1 heterocycles. The lowest BCUT2D eigenvalue weighted by Crippen LogP contribution is -2.55. The number of hydrogen-bond donors (Lipinski definition) is 0. The lowest BCUT2D eigenvalue weighted by Gasteiger charge is -2.43. The highest BCUT2D eigenvalue weighted by Gasteiger charge is 2.32. The summed E-state index contributed by atoms with van der Waals surface area (Å²) in [5.41, 5.74) is 2.12. The average molecular weight is 210 g/mol. The molecule has 0 radical (unpaired) electrons. The first-order valence-electron chi connectivity index (χ1n) is 5.80. The van der Waals surface area contributed by atoms with Crippen LogP contribution in [0.4, 0.5) is 0 Å². The van der Waals surface area contributed by atoms with Crippen molar-refractivity contribution in [3.05, 3.63) is 11.1 Å². The Labute approximate surface area is 92.7 Å². The SMILES string of the molecule is CCCN1C(=O)C(C)=C(C)C(C)N1CC. The van der Waals surface area contributed by atoms with E-state index < -0.39 is 0 Å². The van der Waals surface area contributed by atoms with Gasteiger partial charge >= 0.3 is 0 Å². The number of nitrogens with zero attached hydrogens (tertiary/aromatic N) is 2. The maximum absolute atomic E-state index is 12.1. The van der Waals surface area contributed by atoms with E-state index in [1.807, 2.05) is 11.9 Å². The van der Waals surface area contributed by atoms with E-state index in [0.717, 1.165) is 25.1 Å². The molecule has 1 rings (SSSR count). The summed E-state index contributed by atoms with van der Waals surface area (Å²) in [5.74, 6) is 0.175. The fourth-order valence-electron chi connectivity index (χ4n) is 2.11. The highest BCUT2D eigenvalue weighted by atomic mass is 16.2. The Bertz CT molecular complexity index is 283. The maximum atomic E-state index is 12.1. The summed E-state index contributed by atoms with van der Waals surface area (Å²) in [6.07, 6.45) is 1.00. The van der Waals surface area contributed by atoms with Gasteiger partial charge in [0.05, 0.1) is 0 Å². The molecule has 15 heavy (non-hydrogen) atoms. The molecule has 0 aromatic rings. The van der Waals surface area contributed by atoms with E-state index in [1.165, 1.54) is 5.57 Å². The molecule has 0 aliphatic carbocycles. The minimum Gasteiger partial charge on any atom is -0.271 e. The van der Waals surface area contributed by atoms with E-state index in [9.17, 15) is 4.79 Å². The molecule has 0 bridgehead atoms. The van der Waals surface area contributed by atoms with Crippen LogP contribution in [0.15, 0.2) is 11.1 Å². The molecule has 1 unspecified atom stereocenters. The van der Waals surface area contributed by atoms with Crippen LogP contribution in [-0.2, 0) is 4.79 Å². The first kappa shape index (κ1) is 12.2. The Morgan fingerprint density at radius 2 is 1.87 bits per heavy atom. The number of carbonyl (C=O) groups is 1. The number of likely N-dealkylation sites (N-methyl/N-ethyl adjacent to an activating group) is 1. The van der Waals surface area contributed by atoms with Crippen molar-refractivity contribution in [1.82, 2.24) is 10.0 Å². The van der Waals surface area contributed by atoms with Crippen molar-refractivity contribution < 1.29 is 4.79 Å². The summed E-state index contributed by atoms with van der Waals surface area (Å²) in [6.45, 7) is 12.1. The van der Waals surface area contributed by atoms with Gasteiger partial charge in [0.1, 0.15) is 0 Å². The van der Waals surface area contributed by atoms with Gasteiger partial charge < -0.3 is 0 Å². The summed E-state index contributed by atoms with van der Waals surface area (Å²) in [4.78, 5) is 12.1. The minimum atomic E-state index is 0.175. The number of rotatable bonds is 3. The second-order valence-corrected chi connectivity index (χ2v) is 4.17. The molecular formula is C12H22N2O. The quantitative estimate of drug-likeness (QED) is 0.713. The zero-order valence-electron chi connectivity index (χ0n) is 10.5. The summed E-state index contributed by atoms with van der Waals surface area (Å²) in [7, 11) is 0. The van der Waals surface area contributed by atoms with Crippen molar-refractivity contribution in [2.24, 2.45) is 0 Å². The second kappa shape index (κ2) is 4.79. The van der Waals surface area contributed by atoms with Crippen molar-refractivity contribution in [1.29, 1.82) is 0 Å². The molecule has 86 valence electrons. The Hall–Kier alpha value is -0.830. The molecule has 0 fully saturated rings. The van der Waals surface area contributed by atoms with Crippen molar-refractivity contribution >= 4 is 5.91 Å². The molecule has 0 N–H and O–H groups in total. The van der Waals surface area contributed by atoms with Crippen LogP contribution in [0.2, 0.25) is 0 Å². The van der Waals surface area contributed by atoms with E-state index in [2.05, 4.69) is 32.7 Å². The molecule has 1 aliphatic rings. The normalized spacial score (nSPS) is 23.9. The summed E-state index contributed by atoms with van der Waals surface area (Å²) >= 11 is 0. The first-order valence-corrected chi connectivity index (χ1v) is 5.80. The smallest absolute Gasteiger partial charge is 0.263 e. The van der Waals surface area contributed by atoms with Crippen LogP contribution in [0, 0.1) is 0 Å². The predicted molar refractivity (Wildman–Crippen MR) is 62.2 cm³/mol. The van der Waals surface area contributed by atoms with E-state index in [1.54, 1.807) is 0 Å². The zero-order valence-corrected chi connectivity index (χ0v) is 10.5. The highest BCUT2D eigenvalue weighted by Crippen LogP contribution is 2.24. The van der Waals surface area contributed by atoms with Gasteiger partial charge in [0.25, 0.3) is 5.91 Å². The molecule has 0 saturated heterocycles. The van der Waals surface area contributed by atoms with Gasteiger partial charge in [-0.2, -0.15) is 0 Å². The van der Waals surface area contributed by atoms with Crippen molar-refractivity contribution in [3.63, 3.8) is 0 Å². The second-order valence-electron chi connectivity index (χ2n) is 4.17. The Kier molecular flexibility index (Phi) is 3.91. The molecule has 3 nitrogen and oxygen atoms in total. The number of amides is 1. The lowest BCUT2D eigenvalue weighted by atomic mass is 10.0. The molecule has 0 saturated carbocycles. The fraction of sp³-hybridized carbons (Fsp3) is 0.750. The number of carbonyl (C=O) groups excluding carboxylic acids is 1. The van der Waals surface area contributed by atoms with Crippen LogP contribution in [0.5, 0.6) is 0 Å². The summed E-state index contributed by atoms with van der Waals surface area (Å²) < 4.78 is 0. The summed E-state index contributed by atoms with van der Waals surface area (Å²) in [5, 5.41) is 4.06. The predicted octanol–water partition coefficient (Wildman–Crippen LogP) is 2.20. The Morgan fingerprint density at radius 1 is 1.27 bits per heavy atom. The van der Waals surface area contributed by atoms with Crippen LogP contribution in [-0.4, -0.2) is 35.1 Å². The average Bonchev–Trinajstić information content (AvgIpc) is 2.24. The molecule has 0 aromatic heterocycles. The van der Waals surface area contributed by atoms with Gasteiger partial charge in [-0.15, -0.1) is 0 Å². The van der Waals surface area contributed by atoms with E-state index in [-0.39, 0.29) is 5.91 Å². The van der Waals surface area contributed by atoms with E-state index in [0.29, 0.717) is 6.04 Å². The molecule has 0 aromatic carbocycles. The van der Waals surface area contributed by atoms with Gasteiger partial charge in [-0.25, -0.2) is 5.01 Å². The molecule has 1 amide bonds. The lowest BCUT2D eigenvalue weighted by molar-refractivity contribution is -0.150.